The number of aromatic nitrogens is 4. The second-order valence-electron chi connectivity index (χ2n) is 9.37. The molecule has 1 saturated carbocycles. The molecule has 4 N–H and O–H groups in total. The summed E-state index contributed by atoms with van der Waals surface area (Å²) < 4.78 is 15.1. The average Bonchev–Trinajstić information content (AvgIpc) is 3.80. The molecule has 218 valence electrons. The number of nitrogens with zero attached hydrogens (tertiary/aromatic N) is 3. The molecule has 3 heterocycles. The van der Waals surface area contributed by atoms with Crippen LogP contribution >= 0.6 is 0 Å². The number of nitrogens with two attached hydrogens (primary N) is 1. The summed E-state index contributed by atoms with van der Waals surface area (Å²) in [7, 11) is 0. The number of hydrogen-bond donors (Lipinski definition) is 3. The first-order chi connectivity index (χ1) is 20.4. The molecular weight excluding hydrogens is 523 g/mol. The van der Waals surface area contributed by atoms with Gasteiger partial charge in [0.05, 0.1) is 23.3 Å². The third kappa shape index (κ3) is 7.29. The van der Waals surface area contributed by atoms with Gasteiger partial charge in [-0.2, -0.15) is 0 Å². The van der Waals surface area contributed by atoms with Crippen LogP contribution in [0, 0.1) is 18.7 Å². The fourth-order valence-corrected chi connectivity index (χ4v) is 4.36. The molecule has 0 amide bonds. The number of aryl methyl sites for hydroxylation is 1. The highest BCUT2D eigenvalue weighted by molar-refractivity contribution is 5.86. The molecular formula is C35H41FN6. The van der Waals surface area contributed by atoms with Crippen LogP contribution in [0.15, 0.2) is 92.6 Å². The summed E-state index contributed by atoms with van der Waals surface area (Å²) >= 11 is 0. The largest absolute Gasteiger partial charge is 0.398 e. The summed E-state index contributed by atoms with van der Waals surface area (Å²) in [6.45, 7) is 22.1. The molecule has 1 aliphatic rings. The molecule has 0 radical (unpaired) electrons. The SMILES string of the molecule is C=C/C=C(/c1ccccn1)c1nc(C(=C)c2cc(-c3cncc(NC(=C)C4CC4)c3)c(F)cc2N)[nH]c1C.CC.CC. The van der Waals surface area contributed by atoms with Gasteiger partial charge >= 0.3 is 0 Å². The number of nitrogen functional groups attached to an aromatic ring is 1. The highest BCUT2D eigenvalue weighted by atomic mass is 19.1. The van der Waals surface area contributed by atoms with Gasteiger partial charge in [-0.25, -0.2) is 9.37 Å². The molecule has 0 bridgehead atoms. The smallest absolute Gasteiger partial charge is 0.138 e. The lowest BCUT2D eigenvalue weighted by Crippen LogP contribution is -2.01. The van der Waals surface area contributed by atoms with E-state index in [1.807, 2.05) is 65.0 Å². The Labute approximate surface area is 249 Å². The van der Waals surface area contributed by atoms with E-state index >= 15 is 4.39 Å². The van der Waals surface area contributed by atoms with Crippen molar-refractivity contribution >= 4 is 22.5 Å². The van der Waals surface area contributed by atoms with Crippen molar-refractivity contribution in [3.8, 4) is 11.1 Å². The van der Waals surface area contributed by atoms with Gasteiger partial charge in [0, 0.05) is 57.3 Å². The molecule has 4 aromatic rings. The lowest BCUT2D eigenvalue weighted by molar-refractivity contribution is 0.632. The van der Waals surface area contributed by atoms with Crippen molar-refractivity contribution in [1.82, 2.24) is 19.9 Å². The van der Waals surface area contributed by atoms with Crippen LogP contribution in [0.1, 0.15) is 69.0 Å². The highest BCUT2D eigenvalue weighted by Gasteiger charge is 2.25. The van der Waals surface area contributed by atoms with E-state index < -0.39 is 5.82 Å². The predicted octanol–water partition coefficient (Wildman–Crippen LogP) is 8.96. The van der Waals surface area contributed by atoms with Gasteiger partial charge in [-0.15, -0.1) is 0 Å². The second kappa shape index (κ2) is 14.7. The Bertz CT molecular complexity index is 1580. The lowest BCUT2D eigenvalue weighted by atomic mass is 9.98. The third-order valence-corrected chi connectivity index (χ3v) is 6.54. The number of allylic oxidation sites excluding steroid dienone is 3. The van der Waals surface area contributed by atoms with E-state index in [1.165, 1.54) is 6.07 Å². The zero-order chi connectivity index (χ0) is 30.8. The average molecular weight is 565 g/mol. The number of benzene rings is 1. The predicted molar refractivity (Wildman–Crippen MR) is 175 cm³/mol. The Morgan fingerprint density at radius 1 is 1.10 bits per heavy atom. The molecule has 0 spiro atoms. The summed E-state index contributed by atoms with van der Waals surface area (Å²) in [5.41, 5.74) is 13.5. The van der Waals surface area contributed by atoms with Gasteiger partial charge in [0.1, 0.15) is 11.6 Å². The molecule has 1 aromatic carbocycles. The lowest BCUT2D eigenvalue weighted by Gasteiger charge is -2.13. The van der Waals surface area contributed by atoms with Crippen molar-refractivity contribution in [2.24, 2.45) is 5.92 Å². The van der Waals surface area contributed by atoms with Crippen LogP contribution in [0.2, 0.25) is 0 Å². The van der Waals surface area contributed by atoms with E-state index in [9.17, 15) is 0 Å². The summed E-state index contributed by atoms with van der Waals surface area (Å²) in [5, 5.41) is 3.30. The van der Waals surface area contributed by atoms with Gasteiger partial charge in [0.2, 0.25) is 0 Å². The minimum Gasteiger partial charge on any atom is -0.398 e. The van der Waals surface area contributed by atoms with Crippen LogP contribution in [0.3, 0.4) is 0 Å². The van der Waals surface area contributed by atoms with Gasteiger partial charge in [0.15, 0.2) is 0 Å². The van der Waals surface area contributed by atoms with Crippen LogP contribution in [-0.2, 0) is 0 Å². The fourth-order valence-electron chi connectivity index (χ4n) is 4.36. The summed E-state index contributed by atoms with van der Waals surface area (Å²) in [4.78, 5) is 16.9. The van der Waals surface area contributed by atoms with Crippen molar-refractivity contribution in [3.63, 3.8) is 0 Å². The van der Waals surface area contributed by atoms with E-state index in [2.05, 4.69) is 40.0 Å². The first-order valence-corrected chi connectivity index (χ1v) is 14.4. The number of pyridine rings is 2. The number of anilines is 2. The van der Waals surface area contributed by atoms with Gasteiger partial charge in [-0.1, -0.05) is 65.7 Å². The molecule has 3 aromatic heterocycles. The second-order valence-corrected chi connectivity index (χ2v) is 9.37. The van der Waals surface area contributed by atoms with Crippen molar-refractivity contribution in [1.29, 1.82) is 0 Å². The Balaban J connectivity index is 0.00000116. The quantitative estimate of drug-likeness (QED) is 0.139. The maximum atomic E-state index is 15.1. The number of hydrogen-bond acceptors (Lipinski definition) is 5. The van der Waals surface area contributed by atoms with E-state index in [4.69, 9.17) is 10.7 Å². The standard InChI is InChI=1S/C31H29FN6.2C2H6/c1-5-8-24(29-9-6-7-12-35-29)30-20(4)37-31(38-30)18(2)25-14-26(27(32)15-28(25)33)22-13-23(17-34-16-22)36-19(3)21-10-11-21;2*1-2/h5-9,12-17,21,36H,1-3,10-11,33H2,4H3,(H,37,38);2*1-2H3/b24-8-;;. The molecule has 5 rings (SSSR count). The third-order valence-electron chi connectivity index (χ3n) is 6.54. The molecule has 1 fully saturated rings. The van der Waals surface area contributed by atoms with Crippen LogP contribution in [0.5, 0.6) is 0 Å². The number of nitrogens with one attached hydrogen (secondary N) is 2. The summed E-state index contributed by atoms with van der Waals surface area (Å²) in [6, 6.07) is 10.6. The topological polar surface area (TPSA) is 92.5 Å². The van der Waals surface area contributed by atoms with E-state index in [0.29, 0.717) is 34.0 Å². The van der Waals surface area contributed by atoms with Crippen LogP contribution in [0.25, 0.3) is 22.3 Å². The Morgan fingerprint density at radius 2 is 1.83 bits per heavy atom. The van der Waals surface area contributed by atoms with Gasteiger partial charge in [-0.05, 0) is 56.0 Å². The van der Waals surface area contributed by atoms with Crippen LogP contribution in [-0.4, -0.2) is 19.9 Å². The number of aromatic amines is 1. The molecule has 0 atom stereocenters. The first-order valence-electron chi connectivity index (χ1n) is 14.4. The minimum atomic E-state index is -0.443. The Hall–Kier alpha value is -4.78. The van der Waals surface area contributed by atoms with Crippen LogP contribution in [0.4, 0.5) is 15.8 Å². The van der Waals surface area contributed by atoms with Gasteiger partial charge in [-0.3, -0.25) is 9.97 Å². The van der Waals surface area contributed by atoms with Crippen molar-refractivity contribution < 1.29 is 4.39 Å². The minimum absolute atomic E-state index is 0.266. The molecule has 6 nitrogen and oxygen atoms in total. The normalized spacial score (nSPS) is 12.3. The van der Waals surface area contributed by atoms with Gasteiger partial charge < -0.3 is 16.0 Å². The highest BCUT2D eigenvalue weighted by Crippen LogP contribution is 2.37. The van der Waals surface area contributed by atoms with E-state index in [0.717, 1.165) is 46.9 Å². The van der Waals surface area contributed by atoms with Crippen molar-refractivity contribution in [3.05, 3.63) is 127 Å². The number of rotatable bonds is 9. The Kier molecular flexibility index (Phi) is 11.1. The monoisotopic (exact) mass is 564 g/mol. The zero-order valence-corrected chi connectivity index (χ0v) is 25.3. The summed E-state index contributed by atoms with van der Waals surface area (Å²) in [5.74, 6) is 0.576. The van der Waals surface area contributed by atoms with Crippen LogP contribution < -0.4 is 11.1 Å². The zero-order valence-electron chi connectivity index (χ0n) is 25.3. The molecule has 0 saturated heterocycles. The van der Waals surface area contributed by atoms with Crippen molar-refractivity contribution in [2.75, 3.05) is 11.1 Å². The van der Waals surface area contributed by atoms with E-state index in [1.54, 1.807) is 30.7 Å². The molecule has 1 aliphatic carbocycles. The summed E-state index contributed by atoms with van der Waals surface area (Å²) in [6.07, 6.45) is 10.9. The van der Waals surface area contributed by atoms with Crippen molar-refractivity contribution in [2.45, 2.75) is 47.5 Å². The number of imidazole rings is 1. The maximum absolute atomic E-state index is 15.1. The maximum Gasteiger partial charge on any atom is 0.138 e. The molecule has 7 heteroatoms. The van der Waals surface area contributed by atoms with Gasteiger partial charge in [0.25, 0.3) is 0 Å². The molecule has 0 unspecified atom stereocenters. The fraction of sp³-hybridized carbons (Fsp3) is 0.229. The number of halogens is 1. The Morgan fingerprint density at radius 3 is 2.48 bits per heavy atom. The molecule has 0 aliphatic heterocycles. The molecule has 42 heavy (non-hydrogen) atoms. The number of H-pyrrole nitrogens is 1. The first kappa shape index (κ1) is 31.7. The van der Waals surface area contributed by atoms with E-state index in [-0.39, 0.29) is 5.69 Å².